The SMILES string of the molecule is Cc1cc2cc3c([n+](C)c2cc1C)-c1cc2c(cc1OC3)N(CCCC(=O)CCCCCCCC(=O)c1cccc(OCC(N=[N+]=[N-])OCC(=O)NCC#Cc3cn([C@H]4CC(OCN=[N+]=[N-])[C@@H](COP(=O)(O)OP(=O)(O)OP(=O)(O)O)O4)c4ncnc(N)c34)c1)CCC2. The Labute approximate surface area is 533 Å². The first kappa shape index (κ1) is 69.5. The predicted molar refractivity (Wildman–Crippen MR) is 336 cm³/mol. The fourth-order valence-corrected chi connectivity index (χ4v) is 14.4. The number of ether oxygens (including phenoxy) is 5. The van der Waals surface area contributed by atoms with Crippen molar-refractivity contribution in [2.24, 2.45) is 17.3 Å². The van der Waals surface area contributed by atoms with Gasteiger partial charge in [-0.25, -0.2) is 23.7 Å². The molecular weight excluding hydrogens is 1270 g/mol. The minimum Gasteiger partial charge on any atom is -0.491 e. The number of carbonyl (C=O) groups excluding carboxylic acids is 3. The van der Waals surface area contributed by atoms with Gasteiger partial charge in [-0.2, -0.15) is 13.2 Å². The molecule has 9 rings (SSSR count). The summed E-state index contributed by atoms with van der Waals surface area (Å²) in [4.78, 5) is 92.4. The third kappa shape index (κ3) is 18.7. The van der Waals surface area contributed by atoms with E-state index in [2.05, 4.69) is 116 Å². The second-order valence-corrected chi connectivity index (χ2v) is 26.8. The van der Waals surface area contributed by atoms with E-state index in [4.69, 9.17) is 49.3 Å². The lowest BCUT2D eigenvalue weighted by Crippen LogP contribution is -2.35. The number of nitrogens with zero attached hydrogens (tertiary/aromatic N) is 11. The third-order valence-electron chi connectivity index (χ3n) is 15.8. The first-order chi connectivity index (χ1) is 44.5. The number of phosphoric ester groups is 1. The second-order valence-electron chi connectivity index (χ2n) is 22.4. The van der Waals surface area contributed by atoms with Crippen molar-refractivity contribution in [2.75, 3.05) is 56.8 Å². The van der Waals surface area contributed by atoms with Crippen LogP contribution in [0.3, 0.4) is 0 Å². The van der Waals surface area contributed by atoms with Crippen LogP contribution >= 0.6 is 23.5 Å². The summed E-state index contributed by atoms with van der Waals surface area (Å²) in [7, 11) is -14.9. The maximum absolute atomic E-state index is 13.2. The molecular formula is C59H71N13O18P3+. The molecule has 6 atom stereocenters. The van der Waals surface area contributed by atoms with Crippen molar-refractivity contribution in [3.05, 3.63) is 121 Å². The molecule has 1 saturated heterocycles. The summed E-state index contributed by atoms with van der Waals surface area (Å²) in [6.07, 6.45) is 6.37. The number of rotatable bonds is 32. The Bertz CT molecular complexity index is 4110. The first-order valence-electron chi connectivity index (χ1n) is 29.8. The maximum atomic E-state index is 13.2. The summed E-state index contributed by atoms with van der Waals surface area (Å²) in [5, 5.41) is 10.9. The number of hydrogen-bond donors (Lipinski definition) is 6. The summed E-state index contributed by atoms with van der Waals surface area (Å²) < 4.78 is 80.8. The number of nitrogens with two attached hydrogens (primary N) is 1. The molecule has 3 aliphatic heterocycles. The monoisotopic (exact) mass is 1340 g/mol. The molecule has 4 unspecified atom stereocenters. The fraction of sp³-hybridized carbons (Fsp3) is 0.458. The Morgan fingerprint density at radius 3 is 2.49 bits per heavy atom. The lowest BCUT2D eigenvalue weighted by molar-refractivity contribution is -0.634. The van der Waals surface area contributed by atoms with Gasteiger partial charge in [0.15, 0.2) is 12.0 Å². The number of carbonyl (C=O) groups is 3. The summed E-state index contributed by atoms with van der Waals surface area (Å²) in [5.74, 6) is 6.46. The van der Waals surface area contributed by atoms with Crippen molar-refractivity contribution in [1.82, 2.24) is 19.9 Å². The number of nitrogen functional groups attached to an aromatic ring is 1. The Morgan fingerprint density at radius 1 is 0.935 bits per heavy atom. The molecule has 0 radical (unpaired) electrons. The van der Waals surface area contributed by atoms with Gasteiger partial charge in [-0.15, -0.1) is 0 Å². The van der Waals surface area contributed by atoms with Crippen molar-refractivity contribution in [2.45, 2.75) is 122 Å². The highest BCUT2D eigenvalue weighted by molar-refractivity contribution is 7.66. The predicted octanol–water partition coefficient (Wildman–Crippen LogP) is 9.37. The van der Waals surface area contributed by atoms with Gasteiger partial charge in [0.25, 0.3) is 0 Å². The molecule has 0 spiro atoms. The molecule has 6 aromatic rings. The van der Waals surface area contributed by atoms with E-state index in [1.165, 1.54) is 55.3 Å². The highest BCUT2D eigenvalue weighted by atomic mass is 31.3. The number of Topliss-reactive ketones (excluding diaryl/α,β-unsaturated/α-hetero) is 2. The number of aromatic nitrogens is 4. The van der Waals surface area contributed by atoms with Crippen molar-refractivity contribution in [1.29, 1.82) is 0 Å². The van der Waals surface area contributed by atoms with Crippen LogP contribution in [0.4, 0.5) is 11.5 Å². The van der Waals surface area contributed by atoms with E-state index in [0.717, 1.165) is 75.7 Å². The van der Waals surface area contributed by atoms with E-state index in [1.807, 2.05) is 0 Å². The number of anilines is 2. The number of pyridine rings is 1. The van der Waals surface area contributed by atoms with Gasteiger partial charge in [0.2, 0.25) is 17.1 Å². The lowest BCUT2D eigenvalue weighted by Gasteiger charge is -2.33. The van der Waals surface area contributed by atoms with E-state index in [0.29, 0.717) is 43.6 Å². The molecule has 7 N–H and O–H groups in total. The number of fused-ring (bicyclic) bond motifs is 6. The molecule has 0 saturated carbocycles. The summed E-state index contributed by atoms with van der Waals surface area (Å²) in [6, 6.07) is 17.9. The van der Waals surface area contributed by atoms with Gasteiger partial charge in [-0.3, -0.25) is 18.9 Å². The van der Waals surface area contributed by atoms with Gasteiger partial charge in [0, 0.05) is 83.6 Å². The lowest BCUT2D eigenvalue weighted by atomic mass is 9.93. The highest BCUT2D eigenvalue weighted by Crippen LogP contribution is 2.66. The van der Waals surface area contributed by atoms with Crippen LogP contribution in [0.2, 0.25) is 0 Å². The van der Waals surface area contributed by atoms with Crippen LogP contribution in [0.15, 0.2) is 77.3 Å². The van der Waals surface area contributed by atoms with E-state index < -0.39 is 74.0 Å². The molecule has 3 aromatic heterocycles. The topological polar surface area (TPSA) is 431 Å². The molecule has 1 amide bonds. The van der Waals surface area contributed by atoms with E-state index >= 15 is 0 Å². The van der Waals surface area contributed by atoms with E-state index in [-0.39, 0.29) is 53.6 Å². The van der Waals surface area contributed by atoms with Crippen LogP contribution in [0, 0.1) is 25.7 Å². The number of phosphoric acid groups is 3. The summed E-state index contributed by atoms with van der Waals surface area (Å²) >= 11 is 0. The van der Waals surface area contributed by atoms with E-state index in [1.54, 1.807) is 24.3 Å². The van der Waals surface area contributed by atoms with Crippen molar-refractivity contribution in [3.63, 3.8) is 0 Å². The summed E-state index contributed by atoms with van der Waals surface area (Å²) in [6.45, 7) is 4.10. The van der Waals surface area contributed by atoms with Crippen LogP contribution < -0.4 is 30.0 Å². The molecule has 93 heavy (non-hydrogen) atoms. The molecule has 3 aliphatic rings. The van der Waals surface area contributed by atoms with Crippen LogP contribution in [0.25, 0.3) is 54.1 Å². The van der Waals surface area contributed by atoms with Crippen molar-refractivity contribution in [3.8, 4) is 34.6 Å². The molecule has 6 heterocycles. The number of hydrogen-bond acceptors (Lipinski definition) is 20. The summed E-state index contributed by atoms with van der Waals surface area (Å²) in [5.41, 5.74) is 34.9. The average Bonchev–Trinajstić information content (AvgIpc) is 1.18. The highest BCUT2D eigenvalue weighted by Gasteiger charge is 2.44. The van der Waals surface area contributed by atoms with Crippen molar-refractivity contribution < 1.29 is 89.0 Å². The zero-order chi connectivity index (χ0) is 66.5. The minimum atomic E-state index is -5.82. The van der Waals surface area contributed by atoms with Gasteiger partial charge in [-0.05, 0) is 104 Å². The Balaban J connectivity index is 0.669. The standard InChI is InChI=1S/C59H70N13O18P3/c1-37-23-42-25-43-31-84-50-28-48-39(27-46(50)57(43)70(3)47(42)24-38(37)2)15-11-21-71(48)22-12-17-44(73)16-7-5-4-6-8-19-49(74)40-13-9-18-45(26-40)83-34-54(67-69-62)85-33-53(75)63-20-10-14-41-30-72(59-56(41)58(60)64-35-65-59)55-29-51(86-36-66-68-61)52(88-55)32-87-92(79,80)90-93(81,82)89-91(76,77)78/h9,13,18,23-28,30,35,51-52,54-55H,4-8,11-12,15-17,19-22,29,31-34,36H2,1-3H3,(H6-,60,63,64,65,75,76,77,78,79,80,81,82)/p+1/t51?,52-,54?,55-/m1/s1. The normalized spacial score (nSPS) is 17.5. The smallest absolute Gasteiger partial charge is 0.490 e. The number of amides is 1. The largest absolute Gasteiger partial charge is 0.491 e. The Morgan fingerprint density at radius 2 is 1.71 bits per heavy atom. The number of benzene rings is 3. The zero-order valence-electron chi connectivity index (χ0n) is 51.1. The van der Waals surface area contributed by atoms with Crippen LogP contribution in [0.1, 0.15) is 115 Å². The average molecular weight is 1340 g/mol. The second kappa shape index (κ2) is 31.4. The van der Waals surface area contributed by atoms with E-state index in [9.17, 15) is 43.4 Å². The number of azide groups is 2. The minimum absolute atomic E-state index is 0.00497. The quantitative estimate of drug-likeness (QED) is 0.00334. The first-order valence-corrected chi connectivity index (χ1v) is 34.3. The number of unbranched alkanes of at least 4 members (excludes halogenated alkanes) is 4. The molecule has 31 nitrogen and oxygen atoms in total. The molecule has 3 aromatic carbocycles. The van der Waals surface area contributed by atoms with Crippen LogP contribution in [-0.4, -0.2) is 116 Å². The van der Waals surface area contributed by atoms with Gasteiger partial charge >= 0.3 is 23.5 Å². The number of aryl methyl sites for hydroxylation is 4. The zero-order valence-corrected chi connectivity index (χ0v) is 53.8. The van der Waals surface area contributed by atoms with Crippen LogP contribution in [0.5, 0.6) is 11.5 Å². The van der Waals surface area contributed by atoms with Crippen molar-refractivity contribution >= 4 is 74.4 Å². The number of nitrogens with one attached hydrogen (secondary N) is 1. The maximum Gasteiger partial charge on any atom is 0.490 e. The van der Waals surface area contributed by atoms with Gasteiger partial charge < -0.3 is 63.8 Å². The Kier molecular flexibility index (Phi) is 23.5. The van der Waals surface area contributed by atoms with Gasteiger partial charge in [-0.1, -0.05) is 53.5 Å². The Hall–Kier alpha value is -7.83. The molecule has 34 heteroatoms. The number of ketones is 2. The molecule has 494 valence electrons. The van der Waals surface area contributed by atoms with Crippen LogP contribution in [-0.2, 0) is 70.7 Å². The van der Waals surface area contributed by atoms with Gasteiger partial charge in [0.1, 0.15) is 81.0 Å². The molecule has 0 bridgehead atoms. The van der Waals surface area contributed by atoms with Gasteiger partial charge in [0.05, 0.1) is 41.3 Å². The fourth-order valence-electron chi connectivity index (χ4n) is 11.4. The molecule has 1 fully saturated rings. The third-order valence-corrected chi connectivity index (χ3v) is 19.6. The molecule has 0 aliphatic carbocycles.